The molecule has 1 fully saturated rings. The van der Waals surface area contributed by atoms with Crippen molar-refractivity contribution >= 4 is 16.0 Å². The van der Waals surface area contributed by atoms with Crippen molar-refractivity contribution in [3.8, 4) is 34.6 Å². The SMILES string of the molecule is COc1cccc(-c2nnc(NS(=O)(=O)C(C)C(O)C3CCOCC3)n2-c2c(OC)cccc2OC)n1. The Morgan fingerprint density at radius 2 is 1.68 bits per heavy atom. The summed E-state index contributed by atoms with van der Waals surface area (Å²) in [4.78, 5) is 4.44. The minimum Gasteiger partial charge on any atom is -0.494 e. The molecule has 0 aliphatic carbocycles. The molecule has 0 saturated carbocycles. The molecule has 1 saturated heterocycles. The van der Waals surface area contributed by atoms with Crippen molar-refractivity contribution in [2.75, 3.05) is 39.3 Å². The van der Waals surface area contributed by atoms with Crippen LogP contribution in [0.15, 0.2) is 36.4 Å². The number of ether oxygens (including phenoxy) is 4. The number of nitrogens with zero attached hydrogens (tertiary/aromatic N) is 4. The second-order valence-corrected chi connectivity index (χ2v) is 10.6. The van der Waals surface area contributed by atoms with Gasteiger partial charge in [-0.25, -0.2) is 13.4 Å². The Morgan fingerprint density at radius 3 is 2.30 bits per heavy atom. The predicted octanol–water partition coefficient (Wildman–Crippen LogP) is 2.27. The van der Waals surface area contributed by atoms with Gasteiger partial charge in [-0.05, 0) is 43.9 Å². The summed E-state index contributed by atoms with van der Waals surface area (Å²) in [6.07, 6.45) is 0.0841. The molecule has 2 unspecified atom stereocenters. The molecule has 2 N–H and O–H groups in total. The van der Waals surface area contributed by atoms with Gasteiger partial charge in [0.05, 0.1) is 27.4 Å². The predicted molar refractivity (Wildman–Crippen MR) is 136 cm³/mol. The second kappa shape index (κ2) is 11.3. The quantitative estimate of drug-likeness (QED) is 0.398. The molecule has 0 bridgehead atoms. The van der Waals surface area contributed by atoms with E-state index in [4.69, 9.17) is 18.9 Å². The number of hydrogen-bond acceptors (Lipinski definition) is 10. The number of methoxy groups -OCH3 is 3. The average molecular weight is 534 g/mol. The highest BCUT2D eigenvalue weighted by molar-refractivity contribution is 7.93. The molecule has 1 aliphatic heterocycles. The Hall–Kier alpha value is -3.42. The number of benzene rings is 1. The van der Waals surface area contributed by atoms with E-state index in [1.807, 2.05) is 0 Å². The van der Waals surface area contributed by atoms with E-state index >= 15 is 0 Å². The van der Waals surface area contributed by atoms with Gasteiger partial charge in [0, 0.05) is 19.3 Å². The van der Waals surface area contributed by atoms with Crippen LogP contribution >= 0.6 is 0 Å². The topological polar surface area (TPSA) is 147 Å². The standard InChI is InChI=1S/C24H31N5O7S/c1-15(22(30)16-11-13-36-14-12-16)37(31,32)28-24-27-26-23(17-7-5-10-20(25-17)35-4)29(24)21-18(33-2)8-6-9-19(21)34-3/h5-10,15-16,22,30H,11-14H2,1-4H3,(H,27,28). The van der Waals surface area contributed by atoms with Crippen LogP contribution in [0.5, 0.6) is 17.4 Å². The van der Waals surface area contributed by atoms with Crippen LogP contribution in [0, 0.1) is 5.92 Å². The lowest BCUT2D eigenvalue weighted by molar-refractivity contribution is 0.00820. The minimum atomic E-state index is -4.10. The fraction of sp³-hybridized carbons (Fsp3) is 0.458. The zero-order valence-corrected chi connectivity index (χ0v) is 21.9. The highest BCUT2D eigenvalue weighted by Gasteiger charge is 2.36. The molecule has 1 aliphatic rings. The van der Waals surface area contributed by atoms with Gasteiger partial charge in [0.2, 0.25) is 21.9 Å². The highest BCUT2D eigenvalue weighted by atomic mass is 32.2. The molecule has 200 valence electrons. The van der Waals surface area contributed by atoms with Gasteiger partial charge in [0.25, 0.3) is 0 Å². The molecule has 2 aromatic heterocycles. The van der Waals surface area contributed by atoms with Crippen molar-refractivity contribution in [3.05, 3.63) is 36.4 Å². The van der Waals surface area contributed by atoms with Crippen LogP contribution in [0.4, 0.5) is 5.95 Å². The molecule has 0 spiro atoms. The first kappa shape index (κ1) is 26.6. The summed E-state index contributed by atoms with van der Waals surface area (Å²) >= 11 is 0. The molecule has 0 amide bonds. The van der Waals surface area contributed by atoms with Crippen LogP contribution in [0.2, 0.25) is 0 Å². The van der Waals surface area contributed by atoms with E-state index in [2.05, 4.69) is 19.9 Å². The summed E-state index contributed by atoms with van der Waals surface area (Å²) in [7, 11) is 0.363. The first-order chi connectivity index (χ1) is 17.8. The van der Waals surface area contributed by atoms with Gasteiger partial charge in [-0.15, -0.1) is 10.2 Å². The molecule has 13 heteroatoms. The number of rotatable bonds is 10. The number of para-hydroxylation sites is 1. The third kappa shape index (κ3) is 5.48. The average Bonchev–Trinajstić information content (AvgIpc) is 3.34. The molecular formula is C24H31N5O7S. The van der Waals surface area contributed by atoms with Gasteiger partial charge >= 0.3 is 0 Å². The van der Waals surface area contributed by atoms with Crippen molar-refractivity contribution < 1.29 is 32.5 Å². The number of nitrogens with one attached hydrogen (secondary N) is 1. The van der Waals surface area contributed by atoms with Crippen molar-refractivity contribution in [2.45, 2.75) is 31.1 Å². The molecule has 3 aromatic rings. The lowest BCUT2D eigenvalue weighted by Crippen LogP contribution is -2.42. The molecule has 3 heterocycles. The summed E-state index contributed by atoms with van der Waals surface area (Å²) in [5, 5.41) is 18.1. The van der Waals surface area contributed by atoms with E-state index in [1.165, 1.54) is 32.8 Å². The Kier molecular flexibility index (Phi) is 8.15. The van der Waals surface area contributed by atoms with E-state index < -0.39 is 21.4 Å². The first-order valence-corrected chi connectivity index (χ1v) is 13.3. The summed E-state index contributed by atoms with van der Waals surface area (Å²) < 4.78 is 52.6. The van der Waals surface area contributed by atoms with Gasteiger partial charge in [-0.1, -0.05) is 12.1 Å². The molecular weight excluding hydrogens is 502 g/mol. The third-order valence-electron chi connectivity index (χ3n) is 6.40. The van der Waals surface area contributed by atoms with Crippen LogP contribution in [0.3, 0.4) is 0 Å². The molecule has 4 rings (SSSR count). The van der Waals surface area contributed by atoms with E-state index in [0.29, 0.717) is 54.8 Å². The number of anilines is 1. The Labute approximate surface area is 215 Å². The summed E-state index contributed by atoms with van der Waals surface area (Å²) in [5.41, 5.74) is 0.744. The lowest BCUT2D eigenvalue weighted by Gasteiger charge is -2.30. The van der Waals surface area contributed by atoms with Gasteiger partial charge in [0.15, 0.2) is 5.82 Å². The fourth-order valence-electron chi connectivity index (χ4n) is 4.28. The van der Waals surface area contributed by atoms with Gasteiger partial charge < -0.3 is 24.1 Å². The van der Waals surface area contributed by atoms with Crippen molar-refractivity contribution in [2.24, 2.45) is 5.92 Å². The number of sulfonamides is 1. The third-order valence-corrected chi connectivity index (χ3v) is 8.13. The lowest BCUT2D eigenvalue weighted by atomic mass is 9.92. The van der Waals surface area contributed by atoms with Gasteiger partial charge in [-0.2, -0.15) is 0 Å². The summed E-state index contributed by atoms with van der Waals surface area (Å²) in [5.74, 6) is 1.03. The number of aliphatic hydroxyl groups is 1. The maximum Gasteiger partial charge on any atom is 0.243 e. The Balaban J connectivity index is 1.81. The van der Waals surface area contributed by atoms with Crippen LogP contribution in [0.25, 0.3) is 17.2 Å². The summed E-state index contributed by atoms with van der Waals surface area (Å²) in [6, 6.07) is 10.3. The van der Waals surface area contributed by atoms with Crippen molar-refractivity contribution in [1.82, 2.24) is 19.7 Å². The van der Waals surface area contributed by atoms with Crippen LogP contribution in [-0.2, 0) is 14.8 Å². The first-order valence-electron chi connectivity index (χ1n) is 11.8. The normalized spacial score (nSPS) is 16.1. The molecule has 12 nitrogen and oxygen atoms in total. The number of hydrogen-bond donors (Lipinski definition) is 2. The molecule has 0 radical (unpaired) electrons. The zero-order chi connectivity index (χ0) is 26.6. The Morgan fingerprint density at radius 1 is 1.03 bits per heavy atom. The number of aromatic nitrogens is 4. The van der Waals surface area contributed by atoms with E-state index in [0.717, 1.165) is 0 Å². The van der Waals surface area contributed by atoms with Gasteiger partial charge in [-0.3, -0.25) is 9.29 Å². The molecule has 2 atom stereocenters. The van der Waals surface area contributed by atoms with E-state index in [1.54, 1.807) is 36.4 Å². The van der Waals surface area contributed by atoms with Gasteiger partial charge in [0.1, 0.15) is 28.1 Å². The largest absolute Gasteiger partial charge is 0.494 e. The van der Waals surface area contributed by atoms with Crippen LogP contribution in [0.1, 0.15) is 19.8 Å². The second-order valence-electron chi connectivity index (χ2n) is 8.55. The number of aliphatic hydroxyl groups excluding tert-OH is 1. The number of pyridine rings is 1. The van der Waals surface area contributed by atoms with Crippen LogP contribution < -0.4 is 18.9 Å². The molecule has 1 aromatic carbocycles. The van der Waals surface area contributed by atoms with E-state index in [9.17, 15) is 13.5 Å². The maximum absolute atomic E-state index is 13.4. The maximum atomic E-state index is 13.4. The summed E-state index contributed by atoms with van der Waals surface area (Å²) in [6.45, 7) is 2.44. The fourth-order valence-corrected chi connectivity index (χ4v) is 5.44. The van der Waals surface area contributed by atoms with Crippen LogP contribution in [-0.4, -0.2) is 79.2 Å². The van der Waals surface area contributed by atoms with Crippen molar-refractivity contribution in [3.63, 3.8) is 0 Å². The zero-order valence-electron chi connectivity index (χ0n) is 21.1. The smallest absolute Gasteiger partial charge is 0.243 e. The monoisotopic (exact) mass is 533 g/mol. The van der Waals surface area contributed by atoms with Crippen molar-refractivity contribution in [1.29, 1.82) is 0 Å². The molecule has 37 heavy (non-hydrogen) atoms. The Bertz CT molecular complexity index is 1300. The highest BCUT2D eigenvalue weighted by Crippen LogP contribution is 2.38. The minimum absolute atomic E-state index is 0.117. The van der Waals surface area contributed by atoms with E-state index in [-0.39, 0.29) is 17.7 Å².